The lowest BCUT2D eigenvalue weighted by atomic mass is 10.1. The second-order valence-corrected chi connectivity index (χ2v) is 8.97. The van der Waals surface area contributed by atoms with E-state index in [1.54, 1.807) is 7.11 Å². The van der Waals surface area contributed by atoms with Gasteiger partial charge in [0.2, 0.25) is 0 Å². The molecule has 0 spiro atoms. The van der Waals surface area contributed by atoms with E-state index in [-0.39, 0.29) is 12.2 Å². The largest absolute Gasteiger partial charge is 0.379 e. The van der Waals surface area contributed by atoms with E-state index in [4.69, 9.17) is 14.0 Å². The molecule has 1 rings (SSSR count). The van der Waals surface area contributed by atoms with Gasteiger partial charge in [-0.05, 0) is 6.92 Å². The molecule has 13 heavy (non-hydrogen) atoms. The predicted molar refractivity (Wildman–Crippen MR) is 62.0 cm³/mol. The molecule has 78 valence electrons. The highest BCUT2D eigenvalue weighted by Crippen LogP contribution is 2.53. The van der Waals surface area contributed by atoms with Gasteiger partial charge in [0.1, 0.15) is 6.10 Å². The molecule has 2 unspecified atom stereocenters. The molecule has 3 nitrogen and oxygen atoms in total. The minimum atomic E-state index is -0.457. The van der Waals surface area contributed by atoms with Gasteiger partial charge < -0.3 is 14.0 Å². The van der Waals surface area contributed by atoms with Gasteiger partial charge >= 0.3 is 0 Å². The summed E-state index contributed by atoms with van der Waals surface area (Å²) in [6.45, 7) is 2.69. The summed E-state index contributed by atoms with van der Waals surface area (Å²) >= 11 is 0. The molecular formula is C7H17O3P3. The Hall–Kier alpha value is 1.17. The fourth-order valence-corrected chi connectivity index (χ4v) is 2.31. The molecule has 5 atom stereocenters. The predicted octanol–water partition coefficient (Wildman–Crippen LogP) is 2.17. The second kappa shape index (κ2) is 5.91. The summed E-state index contributed by atoms with van der Waals surface area (Å²) in [6.07, 6.45) is 1.56. The molecule has 0 radical (unpaired) electrons. The highest BCUT2D eigenvalue weighted by molar-refractivity contribution is 8.41. The van der Waals surface area contributed by atoms with Crippen molar-refractivity contribution in [2.75, 3.05) is 13.7 Å². The fourth-order valence-electron chi connectivity index (χ4n) is 1.47. The lowest BCUT2D eigenvalue weighted by Crippen LogP contribution is -2.27. The SMILES string of the molecule is CO[C@@H]1C[C@H](C)O[C@@H]1COP(P)P. The van der Waals surface area contributed by atoms with Crippen LogP contribution in [0.3, 0.4) is 0 Å². The fraction of sp³-hybridized carbons (Fsp3) is 1.00. The second-order valence-electron chi connectivity index (χ2n) is 3.15. The summed E-state index contributed by atoms with van der Waals surface area (Å²) in [5.74, 6) is 0. The van der Waals surface area contributed by atoms with Crippen LogP contribution in [0, 0.1) is 0 Å². The van der Waals surface area contributed by atoms with Gasteiger partial charge in [-0.1, -0.05) is 17.9 Å². The highest BCUT2D eigenvalue weighted by Gasteiger charge is 2.33. The Balaban J connectivity index is 2.31. The maximum absolute atomic E-state index is 5.66. The molecule has 0 N–H and O–H groups in total. The molecule has 1 heterocycles. The standard InChI is InChI=1S/C7H17O3P3/c1-5-3-6(8-2)7(10-5)4-9-13(11)12/h5-7H,3-4,11-12H2,1-2H3/t5-,6+,7+/m0/s1. The smallest absolute Gasteiger partial charge is 0.108 e. The van der Waals surface area contributed by atoms with Crippen molar-refractivity contribution in [1.82, 2.24) is 0 Å². The molecular weight excluding hydrogens is 225 g/mol. The van der Waals surface area contributed by atoms with Crippen molar-refractivity contribution in [2.45, 2.75) is 31.7 Å². The average Bonchev–Trinajstić information content (AvgIpc) is 2.42. The molecule has 1 fully saturated rings. The van der Waals surface area contributed by atoms with Crippen molar-refractivity contribution in [3.05, 3.63) is 0 Å². The number of rotatable bonds is 4. The van der Waals surface area contributed by atoms with Crippen LogP contribution in [-0.4, -0.2) is 32.0 Å². The maximum Gasteiger partial charge on any atom is 0.108 e. The van der Waals surface area contributed by atoms with Gasteiger partial charge in [0, 0.05) is 13.5 Å². The van der Waals surface area contributed by atoms with Gasteiger partial charge in [0.05, 0.1) is 26.3 Å². The van der Waals surface area contributed by atoms with Crippen molar-refractivity contribution < 1.29 is 14.0 Å². The quantitative estimate of drug-likeness (QED) is 0.707. The molecule has 1 saturated heterocycles. The van der Waals surface area contributed by atoms with Crippen LogP contribution in [0.25, 0.3) is 0 Å². The van der Waals surface area contributed by atoms with Crippen LogP contribution < -0.4 is 0 Å². The minimum Gasteiger partial charge on any atom is -0.379 e. The van der Waals surface area contributed by atoms with Crippen LogP contribution in [0.4, 0.5) is 0 Å². The van der Waals surface area contributed by atoms with E-state index in [2.05, 4.69) is 24.8 Å². The molecule has 6 heteroatoms. The average molecular weight is 242 g/mol. The van der Waals surface area contributed by atoms with Crippen LogP contribution in [-0.2, 0) is 14.0 Å². The number of ether oxygens (including phenoxy) is 2. The first-order valence-corrected chi connectivity index (χ1v) is 8.73. The third kappa shape index (κ3) is 4.04. The highest BCUT2D eigenvalue weighted by atomic mass is 32.4. The Morgan fingerprint density at radius 2 is 2.23 bits per heavy atom. The van der Waals surface area contributed by atoms with Crippen molar-refractivity contribution in [1.29, 1.82) is 0 Å². The Morgan fingerprint density at radius 3 is 2.77 bits per heavy atom. The molecule has 0 aromatic carbocycles. The zero-order chi connectivity index (χ0) is 9.84. The number of methoxy groups -OCH3 is 1. The summed E-state index contributed by atoms with van der Waals surface area (Å²) in [6, 6.07) is 0. The van der Waals surface area contributed by atoms with E-state index < -0.39 is 7.53 Å². The van der Waals surface area contributed by atoms with Crippen molar-refractivity contribution in [2.24, 2.45) is 0 Å². The Bertz CT molecular complexity index is 156. The van der Waals surface area contributed by atoms with Crippen molar-refractivity contribution in [3.8, 4) is 0 Å². The first-order valence-electron chi connectivity index (χ1n) is 4.24. The third-order valence-corrected chi connectivity index (χ3v) is 3.42. The summed E-state index contributed by atoms with van der Waals surface area (Å²) < 4.78 is 16.5. The summed E-state index contributed by atoms with van der Waals surface area (Å²) in [5, 5.41) is 0. The van der Waals surface area contributed by atoms with E-state index in [0.717, 1.165) is 6.42 Å². The molecule has 0 aromatic heterocycles. The van der Waals surface area contributed by atoms with E-state index in [1.165, 1.54) is 0 Å². The summed E-state index contributed by atoms with van der Waals surface area (Å²) in [5.41, 5.74) is 0. The third-order valence-electron chi connectivity index (χ3n) is 2.08. The van der Waals surface area contributed by atoms with Crippen LogP contribution in [0.1, 0.15) is 13.3 Å². The Labute approximate surface area is 85.3 Å². The minimum absolute atomic E-state index is 0.103. The molecule has 0 amide bonds. The van der Waals surface area contributed by atoms with Gasteiger partial charge in [-0.15, -0.1) is 0 Å². The summed E-state index contributed by atoms with van der Waals surface area (Å²) in [4.78, 5) is 0. The molecule has 1 aliphatic heterocycles. The lowest BCUT2D eigenvalue weighted by Gasteiger charge is -2.18. The summed E-state index contributed by atoms with van der Waals surface area (Å²) in [7, 11) is 6.53. The van der Waals surface area contributed by atoms with E-state index in [0.29, 0.717) is 12.7 Å². The van der Waals surface area contributed by atoms with E-state index >= 15 is 0 Å². The molecule has 0 bridgehead atoms. The van der Waals surface area contributed by atoms with Gasteiger partial charge in [0.25, 0.3) is 0 Å². The first-order chi connectivity index (χ1) is 6.13. The van der Waals surface area contributed by atoms with Gasteiger partial charge in [0.15, 0.2) is 0 Å². The van der Waals surface area contributed by atoms with E-state index in [1.807, 2.05) is 0 Å². The van der Waals surface area contributed by atoms with Crippen molar-refractivity contribution in [3.63, 3.8) is 0 Å². The topological polar surface area (TPSA) is 27.7 Å². The monoisotopic (exact) mass is 242 g/mol. The zero-order valence-electron chi connectivity index (χ0n) is 7.97. The lowest BCUT2D eigenvalue weighted by molar-refractivity contribution is -0.0218. The molecule has 0 saturated carbocycles. The van der Waals surface area contributed by atoms with Gasteiger partial charge in [-0.25, -0.2) is 0 Å². The number of hydrogen-bond donors (Lipinski definition) is 0. The van der Waals surface area contributed by atoms with Crippen LogP contribution in [0.5, 0.6) is 0 Å². The van der Waals surface area contributed by atoms with Crippen molar-refractivity contribution >= 4 is 25.4 Å². The van der Waals surface area contributed by atoms with Crippen LogP contribution in [0.2, 0.25) is 0 Å². The van der Waals surface area contributed by atoms with Gasteiger partial charge in [-0.3, -0.25) is 0 Å². The Morgan fingerprint density at radius 1 is 1.54 bits per heavy atom. The molecule has 1 aliphatic rings. The maximum atomic E-state index is 5.66. The molecule has 0 aliphatic carbocycles. The van der Waals surface area contributed by atoms with E-state index in [9.17, 15) is 0 Å². The van der Waals surface area contributed by atoms with Gasteiger partial charge in [-0.2, -0.15) is 0 Å². The zero-order valence-corrected chi connectivity index (χ0v) is 11.2. The first kappa shape index (κ1) is 12.2. The molecule has 0 aromatic rings. The van der Waals surface area contributed by atoms with Crippen LogP contribution in [0.15, 0.2) is 0 Å². The number of hydrogen-bond acceptors (Lipinski definition) is 3. The normalized spacial score (nSPS) is 34.4. The van der Waals surface area contributed by atoms with Crippen LogP contribution >= 0.6 is 25.4 Å². The Kier molecular flexibility index (Phi) is 5.56.